The molecule has 0 radical (unpaired) electrons. The lowest BCUT2D eigenvalue weighted by atomic mass is 10.1. The van der Waals surface area contributed by atoms with Gasteiger partial charge in [0.2, 0.25) is 0 Å². The van der Waals surface area contributed by atoms with E-state index in [1.54, 1.807) is 19.1 Å². The molecule has 1 rings (SSSR count). The van der Waals surface area contributed by atoms with Crippen molar-refractivity contribution in [2.45, 2.75) is 46.5 Å². The normalized spacial score (nSPS) is 10.3. The van der Waals surface area contributed by atoms with Gasteiger partial charge in [-0.25, -0.2) is 0 Å². The second-order valence-electron chi connectivity index (χ2n) is 5.71. The number of hydrogen-bond donors (Lipinski definition) is 1. The van der Waals surface area contributed by atoms with Crippen molar-refractivity contribution in [3.63, 3.8) is 0 Å². The summed E-state index contributed by atoms with van der Waals surface area (Å²) in [5.41, 5.74) is 0.689. The average molecular weight is 351 g/mol. The number of carbonyl (C=O) groups excluding carboxylic acids is 1. The second-order valence-corrected chi connectivity index (χ2v) is 6.10. The molecule has 0 heterocycles. The SMILES string of the molecule is CCCCN(CCCC)C(=S)NC(=O)c1ccc(C)c([N+](=O)[O-])c1. The van der Waals surface area contributed by atoms with Gasteiger partial charge in [-0.15, -0.1) is 0 Å². The third-order valence-electron chi connectivity index (χ3n) is 3.74. The Balaban J connectivity index is 2.82. The molecule has 6 nitrogen and oxygen atoms in total. The monoisotopic (exact) mass is 351 g/mol. The van der Waals surface area contributed by atoms with Crippen LogP contribution >= 0.6 is 12.2 Å². The number of thiocarbonyl (C=S) groups is 1. The van der Waals surface area contributed by atoms with E-state index in [1.165, 1.54) is 6.07 Å². The van der Waals surface area contributed by atoms with Crippen LogP contribution in [0.5, 0.6) is 0 Å². The van der Waals surface area contributed by atoms with E-state index in [1.807, 2.05) is 4.90 Å². The number of carbonyl (C=O) groups is 1. The summed E-state index contributed by atoms with van der Waals surface area (Å²) in [6.07, 6.45) is 4.08. The number of nitro benzene ring substituents is 1. The van der Waals surface area contributed by atoms with Crippen molar-refractivity contribution in [2.75, 3.05) is 13.1 Å². The molecule has 0 aromatic heterocycles. The van der Waals surface area contributed by atoms with Crippen LogP contribution in [0.25, 0.3) is 0 Å². The van der Waals surface area contributed by atoms with E-state index in [4.69, 9.17) is 12.2 Å². The van der Waals surface area contributed by atoms with Gasteiger partial charge in [-0.05, 0) is 38.0 Å². The van der Waals surface area contributed by atoms with E-state index in [9.17, 15) is 14.9 Å². The number of nitrogens with zero attached hydrogens (tertiary/aromatic N) is 2. The fourth-order valence-corrected chi connectivity index (χ4v) is 2.48. The molecule has 1 aromatic rings. The summed E-state index contributed by atoms with van der Waals surface area (Å²) in [4.78, 5) is 24.9. The number of unbranched alkanes of at least 4 members (excludes halogenated alkanes) is 2. The van der Waals surface area contributed by atoms with Gasteiger partial charge in [0.1, 0.15) is 0 Å². The van der Waals surface area contributed by atoms with Crippen LogP contribution in [0.3, 0.4) is 0 Å². The number of nitrogens with one attached hydrogen (secondary N) is 1. The number of aryl methyl sites for hydroxylation is 1. The fourth-order valence-electron chi connectivity index (χ4n) is 2.21. The van der Waals surface area contributed by atoms with Gasteiger partial charge in [0, 0.05) is 30.3 Å². The molecule has 132 valence electrons. The first-order valence-corrected chi connectivity index (χ1v) is 8.66. The largest absolute Gasteiger partial charge is 0.349 e. The number of nitro groups is 1. The van der Waals surface area contributed by atoms with Crippen LogP contribution in [0, 0.1) is 17.0 Å². The molecule has 0 aliphatic rings. The maximum atomic E-state index is 12.3. The number of benzene rings is 1. The van der Waals surface area contributed by atoms with Crippen molar-refractivity contribution in [3.8, 4) is 0 Å². The van der Waals surface area contributed by atoms with Crippen molar-refractivity contribution in [3.05, 3.63) is 39.4 Å². The quantitative estimate of drug-likeness (QED) is 0.438. The van der Waals surface area contributed by atoms with E-state index in [-0.39, 0.29) is 11.3 Å². The predicted octanol–water partition coefficient (Wildman–Crippen LogP) is 3.82. The minimum atomic E-state index is -0.487. The number of amides is 1. The molecular weight excluding hydrogens is 326 g/mol. The van der Waals surface area contributed by atoms with Crippen LogP contribution in [-0.4, -0.2) is 33.9 Å². The molecule has 0 aliphatic heterocycles. The molecule has 0 unspecified atom stereocenters. The molecule has 0 bridgehead atoms. The second kappa shape index (κ2) is 9.97. The van der Waals surface area contributed by atoms with E-state index >= 15 is 0 Å². The fraction of sp³-hybridized carbons (Fsp3) is 0.529. The van der Waals surface area contributed by atoms with Gasteiger partial charge >= 0.3 is 0 Å². The van der Waals surface area contributed by atoms with Gasteiger partial charge in [-0.1, -0.05) is 32.8 Å². The van der Waals surface area contributed by atoms with Gasteiger partial charge in [-0.2, -0.15) is 0 Å². The molecule has 24 heavy (non-hydrogen) atoms. The Kier molecular flexibility index (Phi) is 8.32. The molecule has 0 fully saturated rings. The summed E-state index contributed by atoms with van der Waals surface area (Å²) < 4.78 is 0. The number of rotatable bonds is 8. The molecule has 0 saturated heterocycles. The molecule has 7 heteroatoms. The van der Waals surface area contributed by atoms with E-state index in [0.29, 0.717) is 10.7 Å². The Bertz CT molecular complexity index is 597. The van der Waals surface area contributed by atoms with Crippen molar-refractivity contribution in [1.29, 1.82) is 0 Å². The molecule has 0 spiro atoms. The standard InChI is InChI=1S/C17H25N3O3S/c1-4-6-10-19(11-7-5-2)17(24)18-16(21)14-9-8-13(3)15(12-14)20(22)23/h8-9,12H,4-7,10-11H2,1-3H3,(H,18,21,24). The van der Waals surface area contributed by atoms with Crippen LogP contribution in [0.2, 0.25) is 0 Å². The third kappa shape index (κ3) is 5.88. The van der Waals surface area contributed by atoms with Gasteiger partial charge < -0.3 is 4.90 Å². The van der Waals surface area contributed by atoms with Crippen molar-refractivity contribution in [2.24, 2.45) is 0 Å². The Morgan fingerprint density at radius 1 is 1.25 bits per heavy atom. The Hall–Kier alpha value is -2.02. The van der Waals surface area contributed by atoms with E-state index in [2.05, 4.69) is 19.2 Å². The highest BCUT2D eigenvalue weighted by molar-refractivity contribution is 7.80. The molecule has 1 N–H and O–H groups in total. The summed E-state index contributed by atoms with van der Waals surface area (Å²) >= 11 is 5.35. The lowest BCUT2D eigenvalue weighted by molar-refractivity contribution is -0.385. The van der Waals surface area contributed by atoms with Gasteiger partial charge in [0.25, 0.3) is 11.6 Å². The van der Waals surface area contributed by atoms with Crippen molar-refractivity contribution < 1.29 is 9.72 Å². The average Bonchev–Trinajstić information content (AvgIpc) is 2.54. The van der Waals surface area contributed by atoms with E-state index in [0.717, 1.165) is 38.8 Å². The van der Waals surface area contributed by atoms with E-state index < -0.39 is 10.8 Å². The smallest absolute Gasteiger partial charge is 0.273 e. The summed E-state index contributed by atoms with van der Waals surface area (Å²) in [5.74, 6) is -0.416. The first-order valence-electron chi connectivity index (χ1n) is 8.26. The maximum absolute atomic E-state index is 12.3. The van der Waals surface area contributed by atoms with Crippen LogP contribution in [0.1, 0.15) is 55.5 Å². The van der Waals surface area contributed by atoms with Crippen LogP contribution in [0.15, 0.2) is 18.2 Å². The Morgan fingerprint density at radius 3 is 2.33 bits per heavy atom. The summed E-state index contributed by atoms with van der Waals surface area (Å²) in [5, 5.41) is 14.1. The molecule has 0 saturated carbocycles. The van der Waals surface area contributed by atoms with Crippen LogP contribution in [0.4, 0.5) is 5.69 Å². The minimum Gasteiger partial charge on any atom is -0.349 e. The Morgan fingerprint density at radius 2 is 1.83 bits per heavy atom. The molecule has 1 aromatic carbocycles. The Labute approximate surface area is 148 Å². The lowest BCUT2D eigenvalue weighted by Gasteiger charge is -2.25. The highest BCUT2D eigenvalue weighted by atomic mass is 32.1. The van der Waals surface area contributed by atoms with Crippen LogP contribution in [-0.2, 0) is 0 Å². The molecule has 0 atom stereocenters. The van der Waals surface area contributed by atoms with Gasteiger partial charge in [-0.3, -0.25) is 20.2 Å². The highest BCUT2D eigenvalue weighted by Gasteiger charge is 2.17. The predicted molar refractivity (Wildman–Crippen MR) is 99.3 cm³/mol. The topological polar surface area (TPSA) is 75.5 Å². The zero-order chi connectivity index (χ0) is 18.1. The summed E-state index contributed by atoms with van der Waals surface area (Å²) in [6.45, 7) is 7.44. The van der Waals surface area contributed by atoms with Crippen molar-refractivity contribution >= 4 is 28.9 Å². The lowest BCUT2D eigenvalue weighted by Crippen LogP contribution is -2.43. The van der Waals surface area contributed by atoms with Crippen molar-refractivity contribution in [1.82, 2.24) is 10.2 Å². The third-order valence-corrected chi connectivity index (χ3v) is 4.10. The zero-order valence-electron chi connectivity index (χ0n) is 14.5. The summed E-state index contributed by atoms with van der Waals surface area (Å²) in [6, 6.07) is 4.43. The first-order chi connectivity index (χ1) is 11.4. The zero-order valence-corrected chi connectivity index (χ0v) is 15.3. The number of hydrogen-bond acceptors (Lipinski definition) is 4. The maximum Gasteiger partial charge on any atom is 0.273 e. The van der Waals surface area contributed by atoms with Gasteiger partial charge in [0.05, 0.1) is 4.92 Å². The molecule has 0 aliphatic carbocycles. The molecular formula is C17H25N3O3S. The first kappa shape index (κ1) is 20.0. The molecule has 1 amide bonds. The highest BCUT2D eigenvalue weighted by Crippen LogP contribution is 2.19. The minimum absolute atomic E-state index is 0.0672. The summed E-state index contributed by atoms with van der Waals surface area (Å²) in [7, 11) is 0. The van der Waals surface area contributed by atoms with Gasteiger partial charge in [0.15, 0.2) is 5.11 Å². The van der Waals surface area contributed by atoms with Crippen LogP contribution < -0.4 is 5.32 Å².